The highest BCUT2D eigenvalue weighted by atomic mass is 14.7. The molecular weight excluding hydrogens is 266 g/mol. The van der Waals surface area contributed by atoms with Crippen molar-refractivity contribution in [2.45, 2.75) is 13.8 Å². The Morgan fingerprint density at radius 3 is 2.09 bits per heavy atom. The van der Waals surface area contributed by atoms with Crippen LogP contribution in [0.2, 0.25) is 0 Å². The van der Waals surface area contributed by atoms with Gasteiger partial charge < -0.3 is 0 Å². The molecule has 0 unspecified atom stereocenters. The van der Waals surface area contributed by atoms with Gasteiger partial charge in [-0.05, 0) is 37.4 Å². The summed E-state index contributed by atoms with van der Waals surface area (Å²) in [5, 5.41) is 3.73. The van der Waals surface area contributed by atoms with E-state index in [1.807, 2.05) is 6.07 Å². The van der Waals surface area contributed by atoms with Gasteiger partial charge in [0.2, 0.25) is 0 Å². The van der Waals surface area contributed by atoms with E-state index in [2.05, 4.69) is 74.5 Å². The minimum absolute atomic E-state index is 1.06. The van der Waals surface area contributed by atoms with Gasteiger partial charge in [-0.25, -0.2) is 4.98 Å². The van der Waals surface area contributed by atoms with E-state index in [0.29, 0.717) is 0 Å². The van der Waals surface area contributed by atoms with Gasteiger partial charge >= 0.3 is 0 Å². The number of benzene rings is 3. The summed E-state index contributed by atoms with van der Waals surface area (Å²) >= 11 is 0. The molecule has 0 aliphatic carbocycles. The number of nitrogens with zero attached hydrogens (tertiary/aromatic N) is 1. The molecule has 3 aromatic carbocycles. The van der Waals surface area contributed by atoms with Crippen LogP contribution in [0.5, 0.6) is 0 Å². The van der Waals surface area contributed by atoms with Crippen LogP contribution in [0, 0.1) is 13.8 Å². The summed E-state index contributed by atoms with van der Waals surface area (Å²) in [7, 11) is 0. The van der Waals surface area contributed by atoms with Crippen LogP contribution in [0.3, 0.4) is 0 Å². The molecule has 22 heavy (non-hydrogen) atoms. The Morgan fingerprint density at radius 2 is 1.32 bits per heavy atom. The smallest absolute Gasteiger partial charge is 0.0788 e. The fourth-order valence-corrected chi connectivity index (χ4v) is 3.05. The minimum atomic E-state index is 1.06. The number of aryl methyl sites for hydroxylation is 2. The zero-order chi connectivity index (χ0) is 15.1. The molecule has 1 nitrogen and oxygen atoms in total. The van der Waals surface area contributed by atoms with Gasteiger partial charge in [-0.15, -0.1) is 0 Å². The first-order valence-electron chi connectivity index (χ1n) is 7.58. The van der Waals surface area contributed by atoms with Gasteiger partial charge in [0.25, 0.3) is 0 Å². The molecule has 1 aromatic heterocycles. The number of hydrogen-bond donors (Lipinski definition) is 0. The summed E-state index contributed by atoms with van der Waals surface area (Å²) < 4.78 is 0. The Balaban J connectivity index is 2.19. The van der Waals surface area contributed by atoms with Gasteiger partial charge in [-0.1, -0.05) is 59.7 Å². The Morgan fingerprint density at radius 1 is 0.636 bits per heavy atom. The quantitative estimate of drug-likeness (QED) is 0.410. The minimum Gasteiger partial charge on any atom is -0.247 e. The zero-order valence-corrected chi connectivity index (χ0v) is 12.8. The molecule has 0 atom stereocenters. The first-order valence-corrected chi connectivity index (χ1v) is 7.58. The highest BCUT2D eigenvalue weighted by Gasteiger charge is 2.10. The Kier molecular flexibility index (Phi) is 2.93. The molecule has 0 fully saturated rings. The van der Waals surface area contributed by atoms with Crippen LogP contribution >= 0.6 is 0 Å². The largest absolute Gasteiger partial charge is 0.247 e. The van der Waals surface area contributed by atoms with Crippen molar-refractivity contribution in [1.29, 1.82) is 0 Å². The first-order chi connectivity index (χ1) is 10.7. The fraction of sp³-hybridized carbons (Fsp3) is 0.0952. The van der Waals surface area contributed by atoms with Crippen molar-refractivity contribution in [1.82, 2.24) is 4.98 Å². The molecule has 1 heterocycles. The molecule has 0 aliphatic rings. The number of rotatable bonds is 1. The van der Waals surface area contributed by atoms with E-state index in [1.54, 1.807) is 0 Å². The second-order valence-electron chi connectivity index (χ2n) is 5.90. The van der Waals surface area contributed by atoms with E-state index in [-0.39, 0.29) is 0 Å². The maximum absolute atomic E-state index is 4.96. The van der Waals surface area contributed by atoms with E-state index in [9.17, 15) is 0 Å². The predicted molar refractivity (Wildman–Crippen MR) is 94.2 cm³/mol. The van der Waals surface area contributed by atoms with Crippen LogP contribution in [0.15, 0.2) is 66.7 Å². The van der Waals surface area contributed by atoms with Gasteiger partial charge in [0, 0.05) is 16.3 Å². The topological polar surface area (TPSA) is 12.9 Å². The number of hydrogen-bond acceptors (Lipinski definition) is 1. The lowest BCUT2D eigenvalue weighted by Gasteiger charge is -2.11. The maximum Gasteiger partial charge on any atom is 0.0788 e. The molecule has 0 radical (unpaired) electrons. The molecule has 0 saturated heterocycles. The van der Waals surface area contributed by atoms with Crippen molar-refractivity contribution in [2.24, 2.45) is 0 Å². The fourth-order valence-electron chi connectivity index (χ4n) is 3.05. The summed E-state index contributed by atoms with van der Waals surface area (Å²) in [6, 6.07) is 23.6. The van der Waals surface area contributed by atoms with E-state index in [0.717, 1.165) is 11.2 Å². The summed E-state index contributed by atoms with van der Waals surface area (Å²) in [5.74, 6) is 0. The highest BCUT2D eigenvalue weighted by molar-refractivity contribution is 6.11. The van der Waals surface area contributed by atoms with Gasteiger partial charge in [-0.2, -0.15) is 0 Å². The lowest BCUT2D eigenvalue weighted by molar-refractivity contribution is 1.40. The Labute approximate surface area is 130 Å². The summed E-state index contributed by atoms with van der Waals surface area (Å²) in [6.45, 7) is 4.26. The van der Waals surface area contributed by atoms with Crippen molar-refractivity contribution < 1.29 is 0 Å². The van der Waals surface area contributed by atoms with Crippen molar-refractivity contribution in [3.63, 3.8) is 0 Å². The first kappa shape index (κ1) is 13.0. The van der Waals surface area contributed by atoms with Gasteiger partial charge in [0.05, 0.1) is 11.2 Å². The summed E-state index contributed by atoms with van der Waals surface area (Å²) in [6.07, 6.45) is 0. The van der Waals surface area contributed by atoms with Crippen LogP contribution in [0.25, 0.3) is 32.9 Å². The molecule has 106 valence electrons. The normalized spacial score (nSPS) is 11.2. The molecule has 1 heteroatoms. The summed E-state index contributed by atoms with van der Waals surface area (Å²) in [4.78, 5) is 4.96. The summed E-state index contributed by atoms with van der Waals surface area (Å²) in [5.41, 5.74) is 5.82. The third-order valence-electron chi connectivity index (χ3n) is 4.15. The molecule has 0 spiro atoms. The molecule has 0 amide bonds. The number of aromatic nitrogens is 1. The standard InChI is InChI=1S/C21H17N/c1-14-8-10-17-18-12-15(2)9-11-20(18)22-21(19(17)13-14)16-6-4-3-5-7-16/h3-13H,1-2H3. The number of pyridine rings is 1. The average molecular weight is 283 g/mol. The van der Waals surface area contributed by atoms with Crippen molar-refractivity contribution in [3.05, 3.63) is 77.9 Å². The highest BCUT2D eigenvalue weighted by Crippen LogP contribution is 2.33. The monoisotopic (exact) mass is 283 g/mol. The lowest BCUT2D eigenvalue weighted by Crippen LogP contribution is -1.90. The molecular formula is C21H17N. The van der Waals surface area contributed by atoms with E-state index in [1.165, 1.54) is 32.8 Å². The maximum atomic E-state index is 4.96. The Hall–Kier alpha value is -2.67. The third-order valence-corrected chi connectivity index (χ3v) is 4.15. The molecule has 0 bridgehead atoms. The number of fused-ring (bicyclic) bond motifs is 3. The molecule has 4 aromatic rings. The molecule has 4 rings (SSSR count). The van der Waals surface area contributed by atoms with Gasteiger partial charge in [0.15, 0.2) is 0 Å². The van der Waals surface area contributed by atoms with Crippen LogP contribution in [0.1, 0.15) is 11.1 Å². The molecule has 0 saturated carbocycles. The SMILES string of the molecule is Cc1ccc2c(c1)c(-c1ccccc1)nc1ccc(C)cc12. The van der Waals surface area contributed by atoms with Crippen molar-refractivity contribution in [3.8, 4) is 11.3 Å². The van der Waals surface area contributed by atoms with Gasteiger partial charge in [0.1, 0.15) is 0 Å². The van der Waals surface area contributed by atoms with Crippen LogP contribution < -0.4 is 0 Å². The van der Waals surface area contributed by atoms with Crippen molar-refractivity contribution in [2.75, 3.05) is 0 Å². The second kappa shape index (κ2) is 4.96. The second-order valence-corrected chi connectivity index (χ2v) is 5.90. The van der Waals surface area contributed by atoms with Gasteiger partial charge in [-0.3, -0.25) is 0 Å². The third kappa shape index (κ3) is 2.06. The lowest BCUT2D eigenvalue weighted by atomic mass is 9.98. The average Bonchev–Trinajstić information content (AvgIpc) is 2.55. The van der Waals surface area contributed by atoms with Crippen LogP contribution in [-0.2, 0) is 0 Å². The zero-order valence-electron chi connectivity index (χ0n) is 12.8. The van der Waals surface area contributed by atoms with Crippen molar-refractivity contribution >= 4 is 21.7 Å². The predicted octanol–water partition coefficient (Wildman–Crippen LogP) is 5.67. The van der Waals surface area contributed by atoms with Crippen LogP contribution in [-0.4, -0.2) is 4.98 Å². The van der Waals surface area contributed by atoms with Crippen LogP contribution in [0.4, 0.5) is 0 Å². The molecule has 0 aliphatic heterocycles. The Bertz CT molecular complexity index is 985. The molecule has 0 N–H and O–H groups in total. The van der Waals surface area contributed by atoms with E-state index in [4.69, 9.17) is 4.98 Å². The van der Waals surface area contributed by atoms with E-state index < -0.39 is 0 Å². The van der Waals surface area contributed by atoms with E-state index >= 15 is 0 Å².